The highest BCUT2D eigenvalue weighted by Crippen LogP contribution is 2.10. The number of alkyl carbamates (subject to hydrolysis) is 1. The summed E-state index contributed by atoms with van der Waals surface area (Å²) in [6, 6.07) is 0.798. The molecule has 0 radical (unpaired) electrons. The zero-order valence-electron chi connectivity index (χ0n) is 18.3. The van der Waals surface area contributed by atoms with Gasteiger partial charge in [0.25, 0.3) is 0 Å². The molecule has 0 aromatic rings. The molecule has 9 heteroatoms. The average Bonchev–Trinajstić information content (AvgIpc) is 2.57. The fourth-order valence-electron chi connectivity index (χ4n) is 2.86. The number of aliphatic imine (C=N–C) groups is 1. The van der Waals surface area contributed by atoms with E-state index in [0.717, 1.165) is 51.8 Å². The Labute approximate surface area is 187 Å². The van der Waals surface area contributed by atoms with Crippen molar-refractivity contribution in [1.82, 2.24) is 20.9 Å². The molecule has 1 saturated heterocycles. The fraction of sp³-hybridized carbons (Fsp3) is 0.895. The predicted octanol–water partition coefficient (Wildman–Crippen LogP) is 2.18. The van der Waals surface area contributed by atoms with Gasteiger partial charge in [-0.3, -0.25) is 9.89 Å². The monoisotopic (exact) mass is 513 g/mol. The molecule has 0 bridgehead atoms. The molecule has 1 aliphatic heterocycles. The molecule has 1 aliphatic rings. The maximum atomic E-state index is 11.6. The summed E-state index contributed by atoms with van der Waals surface area (Å²) in [5.41, 5.74) is -0.470. The van der Waals surface area contributed by atoms with Gasteiger partial charge in [-0.15, -0.1) is 24.0 Å². The van der Waals surface area contributed by atoms with Gasteiger partial charge in [0.15, 0.2) is 5.96 Å². The zero-order valence-corrected chi connectivity index (χ0v) is 20.7. The minimum atomic E-state index is -0.470. The second-order valence-electron chi connectivity index (χ2n) is 7.94. The van der Waals surface area contributed by atoms with Crippen molar-refractivity contribution in [3.05, 3.63) is 0 Å². The predicted molar refractivity (Wildman–Crippen MR) is 125 cm³/mol. The molecule has 1 rings (SSSR count). The molecule has 0 saturated carbocycles. The van der Waals surface area contributed by atoms with E-state index in [0.29, 0.717) is 18.6 Å². The Hall–Kier alpha value is -0.810. The van der Waals surface area contributed by atoms with E-state index in [9.17, 15) is 4.79 Å². The zero-order chi connectivity index (χ0) is 20.3. The van der Waals surface area contributed by atoms with Crippen LogP contribution in [-0.2, 0) is 9.47 Å². The SMILES string of the molecule is CCNC(=NCC(C)N1CCOCC1C)NCCCNC(=O)OC(C)(C)C.I. The summed E-state index contributed by atoms with van der Waals surface area (Å²) in [4.78, 5) is 18.8. The number of amides is 1. The van der Waals surface area contributed by atoms with E-state index < -0.39 is 5.60 Å². The summed E-state index contributed by atoms with van der Waals surface area (Å²) in [6.45, 7) is 17.4. The molecule has 8 nitrogen and oxygen atoms in total. The van der Waals surface area contributed by atoms with Crippen LogP contribution in [0, 0.1) is 0 Å². The third-order valence-electron chi connectivity index (χ3n) is 4.16. The highest BCUT2D eigenvalue weighted by molar-refractivity contribution is 14.0. The van der Waals surface area contributed by atoms with Crippen LogP contribution in [0.15, 0.2) is 4.99 Å². The quantitative estimate of drug-likeness (QED) is 0.200. The van der Waals surface area contributed by atoms with Gasteiger partial charge in [-0.25, -0.2) is 4.79 Å². The average molecular weight is 513 g/mol. The van der Waals surface area contributed by atoms with Crippen LogP contribution in [0.2, 0.25) is 0 Å². The first-order chi connectivity index (χ1) is 12.7. The first-order valence-corrected chi connectivity index (χ1v) is 10.1. The van der Waals surface area contributed by atoms with Crippen molar-refractivity contribution in [2.75, 3.05) is 45.9 Å². The number of carbonyl (C=O) groups excluding carboxylic acids is 1. The van der Waals surface area contributed by atoms with E-state index in [1.807, 2.05) is 20.8 Å². The Morgan fingerprint density at radius 3 is 2.57 bits per heavy atom. The number of hydrogen-bond donors (Lipinski definition) is 3. The van der Waals surface area contributed by atoms with Crippen LogP contribution in [0.25, 0.3) is 0 Å². The summed E-state index contributed by atoms with van der Waals surface area (Å²) >= 11 is 0. The maximum Gasteiger partial charge on any atom is 0.407 e. The number of halogens is 1. The molecule has 1 amide bonds. The molecule has 0 aromatic heterocycles. The molecular weight excluding hydrogens is 473 g/mol. The Morgan fingerprint density at radius 1 is 1.29 bits per heavy atom. The van der Waals surface area contributed by atoms with Gasteiger partial charge in [0.2, 0.25) is 0 Å². The van der Waals surface area contributed by atoms with E-state index in [-0.39, 0.29) is 30.1 Å². The number of carbonyl (C=O) groups is 1. The standard InChI is InChI=1S/C19H39N5O3.HI/c1-7-20-17(21-9-8-10-22-18(25)27-19(4,5)6)23-13-15(2)24-11-12-26-14-16(24)3;/h15-16H,7-14H2,1-6H3,(H,22,25)(H2,20,21,23);1H. The van der Waals surface area contributed by atoms with Crippen LogP contribution in [-0.4, -0.2) is 80.6 Å². The van der Waals surface area contributed by atoms with Crippen LogP contribution in [0.5, 0.6) is 0 Å². The molecule has 2 unspecified atom stereocenters. The highest BCUT2D eigenvalue weighted by Gasteiger charge is 2.23. The number of nitrogens with zero attached hydrogens (tertiary/aromatic N) is 2. The highest BCUT2D eigenvalue weighted by atomic mass is 127. The number of hydrogen-bond acceptors (Lipinski definition) is 5. The number of ether oxygens (including phenoxy) is 2. The molecule has 166 valence electrons. The second kappa shape index (κ2) is 14.2. The lowest BCUT2D eigenvalue weighted by molar-refractivity contribution is -0.0165. The number of morpholine rings is 1. The first-order valence-electron chi connectivity index (χ1n) is 10.1. The van der Waals surface area contributed by atoms with Crippen LogP contribution >= 0.6 is 24.0 Å². The number of guanidine groups is 1. The molecule has 0 aromatic carbocycles. The Bertz CT molecular complexity index is 471. The fourth-order valence-corrected chi connectivity index (χ4v) is 2.86. The third-order valence-corrected chi connectivity index (χ3v) is 4.16. The van der Waals surface area contributed by atoms with Crippen molar-refractivity contribution in [3.63, 3.8) is 0 Å². The normalized spacial score (nSPS) is 19.4. The van der Waals surface area contributed by atoms with Crippen LogP contribution < -0.4 is 16.0 Å². The number of rotatable bonds is 8. The van der Waals surface area contributed by atoms with Crippen LogP contribution in [0.4, 0.5) is 4.79 Å². The van der Waals surface area contributed by atoms with Crippen molar-refractivity contribution in [2.45, 2.75) is 65.6 Å². The van der Waals surface area contributed by atoms with Crippen molar-refractivity contribution in [1.29, 1.82) is 0 Å². The van der Waals surface area contributed by atoms with E-state index in [1.165, 1.54) is 0 Å². The molecular formula is C19H40IN5O3. The van der Waals surface area contributed by atoms with Gasteiger partial charge < -0.3 is 25.4 Å². The van der Waals surface area contributed by atoms with Crippen molar-refractivity contribution in [2.24, 2.45) is 4.99 Å². The summed E-state index contributed by atoms with van der Waals surface area (Å²) in [7, 11) is 0. The van der Waals surface area contributed by atoms with Crippen molar-refractivity contribution >= 4 is 36.0 Å². The van der Waals surface area contributed by atoms with E-state index >= 15 is 0 Å². The molecule has 28 heavy (non-hydrogen) atoms. The van der Waals surface area contributed by atoms with Gasteiger partial charge in [-0.05, 0) is 48.0 Å². The van der Waals surface area contributed by atoms with E-state index in [4.69, 9.17) is 14.5 Å². The topological polar surface area (TPSA) is 87.2 Å². The summed E-state index contributed by atoms with van der Waals surface area (Å²) in [6.07, 6.45) is 0.413. The van der Waals surface area contributed by atoms with Gasteiger partial charge in [-0.1, -0.05) is 0 Å². The number of nitrogens with one attached hydrogen (secondary N) is 3. The molecule has 3 N–H and O–H groups in total. The molecule has 1 fully saturated rings. The van der Waals surface area contributed by atoms with E-state index in [1.54, 1.807) is 0 Å². The third kappa shape index (κ3) is 11.9. The lowest BCUT2D eigenvalue weighted by Crippen LogP contribution is -2.49. The minimum Gasteiger partial charge on any atom is -0.444 e. The van der Waals surface area contributed by atoms with Crippen molar-refractivity contribution < 1.29 is 14.3 Å². The van der Waals surface area contributed by atoms with Gasteiger partial charge in [0, 0.05) is 38.3 Å². The van der Waals surface area contributed by atoms with Crippen LogP contribution in [0.3, 0.4) is 0 Å². The van der Waals surface area contributed by atoms with Gasteiger partial charge in [0.05, 0.1) is 19.8 Å². The summed E-state index contributed by atoms with van der Waals surface area (Å²) in [5, 5.41) is 9.35. The minimum absolute atomic E-state index is 0. The van der Waals surface area contributed by atoms with Crippen molar-refractivity contribution in [3.8, 4) is 0 Å². The van der Waals surface area contributed by atoms with Gasteiger partial charge in [-0.2, -0.15) is 0 Å². The van der Waals surface area contributed by atoms with E-state index in [2.05, 4.69) is 41.6 Å². The second-order valence-corrected chi connectivity index (χ2v) is 7.94. The molecule has 1 heterocycles. The lowest BCUT2D eigenvalue weighted by Gasteiger charge is -2.37. The Kier molecular flexibility index (Phi) is 13.8. The largest absolute Gasteiger partial charge is 0.444 e. The van der Waals surface area contributed by atoms with Gasteiger partial charge >= 0.3 is 6.09 Å². The Balaban J connectivity index is 0.00000729. The molecule has 2 atom stereocenters. The Morgan fingerprint density at radius 2 is 1.96 bits per heavy atom. The summed E-state index contributed by atoms with van der Waals surface area (Å²) in [5.74, 6) is 0.808. The summed E-state index contributed by atoms with van der Waals surface area (Å²) < 4.78 is 10.7. The maximum absolute atomic E-state index is 11.6. The lowest BCUT2D eigenvalue weighted by atomic mass is 10.2. The molecule has 0 spiro atoms. The molecule has 0 aliphatic carbocycles. The smallest absolute Gasteiger partial charge is 0.407 e. The van der Waals surface area contributed by atoms with Crippen LogP contribution in [0.1, 0.15) is 48.0 Å². The first kappa shape index (κ1) is 27.2. The van der Waals surface area contributed by atoms with Gasteiger partial charge in [0.1, 0.15) is 5.60 Å².